The summed E-state index contributed by atoms with van der Waals surface area (Å²) in [6, 6.07) is 1.99. The van der Waals surface area contributed by atoms with Gasteiger partial charge in [0.15, 0.2) is 10.6 Å². The Morgan fingerprint density at radius 1 is 1.15 bits per heavy atom. The maximum absolute atomic E-state index is 13.1. The van der Waals surface area contributed by atoms with Crippen molar-refractivity contribution in [1.82, 2.24) is 29.7 Å². The highest BCUT2D eigenvalue weighted by Gasteiger charge is 2.30. The lowest BCUT2D eigenvalue weighted by Gasteiger charge is -2.40. The Hall–Kier alpha value is -3.25. The van der Waals surface area contributed by atoms with Crippen LogP contribution < -0.4 is 20.9 Å². The van der Waals surface area contributed by atoms with Crippen molar-refractivity contribution < 1.29 is 4.79 Å². The number of fused-ring (bicyclic) bond motifs is 1. The number of aryl methyl sites for hydroxylation is 1. The number of hydrogen-bond donors (Lipinski definition) is 2. The van der Waals surface area contributed by atoms with Gasteiger partial charge in [0.2, 0.25) is 5.95 Å². The molecule has 11 nitrogen and oxygen atoms in total. The van der Waals surface area contributed by atoms with Gasteiger partial charge >= 0.3 is 6.03 Å². The van der Waals surface area contributed by atoms with Crippen molar-refractivity contribution in [3.8, 4) is 0 Å². The van der Waals surface area contributed by atoms with Crippen molar-refractivity contribution in [2.75, 3.05) is 73.7 Å². The van der Waals surface area contributed by atoms with E-state index in [-0.39, 0.29) is 18.0 Å². The molecule has 2 fully saturated rings. The van der Waals surface area contributed by atoms with E-state index in [1.165, 1.54) is 11.3 Å². The van der Waals surface area contributed by atoms with E-state index >= 15 is 0 Å². The van der Waals surface area contributed by atoms with Crippen molar-refractivity contribution in [1.29, 1.82) is 0 Å². The van der Waals surface area contributed by atoms with E-state index < -0.39 is 0 Å². The van der Waals surface area contributed by atoms with Gasteiger partial charge in [-0.1, -0.05) is 0 Å². The number of carbonyl (C=O) groups excluding carboxylic acids is 1. The molecule has 0 saturated carbocycles. The molecule has 3 aromatic heterocycles. The molecule has 1 unspecified atom stereocenters. The predicted octanol–water partition coefficient (Wildman–Crippen LogP) is 1.87. The highest BCUT2D eigenvalue weighted by atomic mass is 32.1. The Morgan fingerprint density at radius 3 is 2.68 bits per heavy atom. The first kappa shape index (κ1) is 22.5. The lowest BCUT2D eigenvalue weighted by Crippen LogP contribution is -2.55. The number of urea groups is 1. The molecular weight excluding hydrogens is 452 g/mol. The summed E-state index contributed by atoms with van der Waals surface area (Å²) in [7, 11) is 2.14. The zero-order valence-electron chi connectivity index (χ0n) is 19.7. The molecule has 2 aliphatic rings. The number of thiazole rings is 1. The fraction of sp³-hybridized carbons (Fsp3) is 0.500. The summed E-state index contributed by atoms with van der Waals surface area (Å²) in [5, 5.41) is 3.05. The minimum Gasteiger partial charge on any atom is -0.368 e. The lowest BCUT2D eigenvalue weighted by atomic mass is 10.2. The summed E-state index contributed by atoms with van der Waals surface area (Å²) < 4.78 is 0. The van der Waals surface area contributed by atoms with Crippen LogP contribution in [0.3, 0.4) is 0 Å². The van der Waals surface area contributed by atoms with Crippen LogP contribution in [0.5, 0.6) is 0 Å². The monoisotopic (exact) mass is 482 g/mol. The van der Waals surface area contributed by atoms with Gasteiger partial charge in [-0.2, -0.15) is 4.98 Å². The molecule has 0 bridgehead atoms. The number of nitrogens with two attached hydrogens (primary N) is 1. The van der Waals surface area contributed by atoms with Gasteiger partial charge in [-0.05, 0) is 32.5 Å². The quantitative estimate of drug-likeness (QED) is 0.576. The molecule has 2 amide bonds. The minimum atomic E-state index is -0.121. The van der Waals surface area contributed by atoms with E-state index in [4.69, 9.17) is 5.73 Å². The van der Waals surface area contributed by atoms with E-state index in [2.05, 4.69) is 60.0 Å². The Kier molecular flexibility index (Phi) is 6.09. The number of nitrogens with zero attached hydrogens (tertiary/aromatic N) is 8. The fourth-order valence-corrected chi connectivity index (χ4v) is 5.15. The summed E-state index contributed by atoms with van der Waals surface area (Å²) >= 11 is 1.44. The number of hydrogen-bond acceptors (Lipinski definition) is 10. The van der Waals surface area contributed by atoms with Gasteiger partial charge in [0.25, 0.3) is 0 Å². The topological polar surface area (TPSA) is 120 Å². The molecule has 0 aromatic carbocycles. The second-order valence-electron chi connectivity index (χ2n) is 8.98. The number of carbonyl (C=O) groups is 1. The van der Waals surface area contributed by atoms with Crippen LogP contribution in [0.2, 0.25) is 0 Å². The van der Waals surface area contributed by atoms with Crippen LogP contribution in [0, 0.1) is 6.92 Å². The summed E-state index contributed by atoms with van der Waals surface area (Å²) in [4.78, 5) is 40.2. The molecule has 0 spiro atoms. The SMILES string of the molecule is Cc1cc(N2CCN(C)CC2)ncc1NC(=O)N1CCN(c2nc(N)nc3scnc23)C(C)C1. The number of amides is 2. The van der Waals surface area contributed by atoms with E-state index in [1.807, 2.05) is 11.8 Å². The van der Waals surface area contributed by atoms with Gasteiger partial charge in [0.05, 0.1) is 17.4 Å². The number of nitrogen functional groups attached to an aromatic ring is 1. The van der Waals surface area contributed by atoms with Crippen LogP contribution in [0.4, 0.5) is 28.1 Å². The lowest BCUT2D eigenvalue weighted by molar-refractivity contribution is 0.200. The number of pyridine rings is 1. The second kappa shape index (κ2) is 9.18. The first-order valence-electron chi connectivity index (χ1n) is 11.5. The third kappa shape index (κ3) is 4.42. The molecule has 2 aliphatic heterocycles. The van der Waals surface area contributed by atoms with Gasteiger partial charge in [-0.25, -0.2) is 19.7 Å². The first-order chi connectivity index (χ1) is 16.4. The molecule has 180 valence electrons. The first-order valence-corrected chi connectivity index (χ1v) is 12.4. The Bertz CT molecular complexity index is 1190. The molecule has 5 rings (SSSR count). The van der Waals surface area contributed by atoms with Crippen LogP contribution in [0.1, 0.15) is 12.5 Å². The third-order valence-electron chi connectivity index (χ3n) is 6.55. The number of anilines is 4. The zero-order chi connectivity index (χ0) is 23.8. The highest BCUT2D eigenvalue weighted by molar-refractivity contribution is 7.16. The van der Waals surface area contributed by atoms with Crippen molar-refractivity contribution in [2.24, 2.45) is 0 Å². The number of aromatic nitrogens is 4. The predicted molar refractivity (Wildman–Crippen MR) is 136 cm³/mol. The van der Waals surface area contributed by atoms with E-state index in [0.717, 1.165) is 59.4 Å². The molecule has 3 aromatic rings. The van der Waals surface area contributed by atoms with Crippen molar-refractivity contribution in [2.45, 2.75) is 19.9 Å². The maximum atomic E-state index is 13.1. The van der Waals surface area contributed by atoms with Gasteiger partial charge in [-0.3, -0.25) is 0 Å². The Morgan fingerprint density at radius 2 is 1.94 bits per heavy atom. The molecule has 5 heterocycles. The summed E-state index contributed by atoms with van der Waals surface area (Å²) in [5.41, 5.74) is 10.2. The van der Waals surface area contributed by atoms with Gasteiger partial charge in [0, 0.05) is 51.9 Å². The molecule has 0 radical (unpaired) electrons. The Labute approximate surface area is 202 Å². The minimum absolute atomic E-state index is 0.0533. The van der Waals surface area contributed by atoms with Gasteiger partial charge < -0.3 is 30.7 Å². The standard InChI is InChI=1S/C22H30N10OS/c1-14-10-17(30-6-4-29(3)5-7-30)24-11-16(14)26-22(33)31-8-9-32(15(2)12-31)19-18-20(34-13-25-18)28-21(23)27-19/h10-11,13,15H,4-9,12H2,1-3H3,(H,26,33)(H2,23,27,28). The van der Waals surface area contributed by atoms with Gasteiger partial charge in [0.1, 0.15) is 11.3 Å². The van der Waals surface area contributed by atoms with Crippen molar-refractivity contribution >= 4 is 51.0 Å². The average molecular weight is 483 g/mol. The number of likely N-dealkylation sites (N-methyl/N-ethyl adjacent to an activating group) is 1. The molecule has 12 heteroatoms. The van der Waals surface area contributed by atoms with Gasteiger partial charge in [-0.15, -0.1) is 11.3 Å². The number of piperazine rings is 2. The zero-order valence-corrected chi connectivity index (χ0v) is 20.5. The second-order valence-corrected chi connectivity index (χ2v) is 9.81. The van der Waals surface area contributed by atoms with Crippen LogP contribution in [-0.2, 0) is 0 Å². The number of rotatable bonds is 3. The molecule has 34 heavy (non-hydrogen) atoms. The average Bonchev–Trinajstić information content (AvgIpc) is 3.29. The van der Waals surface area contributed by atoms with E-state index in [1.54, 1.807) is 11.7 Å². The van der Waals surface area contributed by atoms with Crippen LogP contribution >= 0.6 is 11.3 Å². The summed E-state index contributed by atoms with van der Waals surface area (Å²) in [5.74, 6) is 1.93. The largest absolute Gasteiger partial charge is 0.368 e. The van der Waals surface area contributed by atoms with Crippen LogP contribution in [-0.4, -0.2) is 94.7 Å². The molecule has 1 atom stereocenters. The number of nitrogens with one attached hydrogen (secondary N) is 1. The molecule has 2 saturated heterocycles. The molecular formula is C22H30N10OS. The Balaban J connectivity index is 1.24. The van der Waals surface area contributed by atoms with Crippen molar-refractivity contribution in [3.63, 3.8) is 0 Å². The van der Waals surface area contributed by atoms with E-state index in [9.17, 15) is 4.79 Å². The maximum Gasteiger partial charge on any atom is 0.322 e. The molecule has 0 aliphatic carbocycles. The fourth-order valence-electron chi connectivity index (χ4n) is 4.49. The summed E-state index contributed by atoms with van der Waals surface area (Å²) in [6.45, 7) is 9.83. The third-order valence-corrected chi connectivity index (χ3v) is 7.27. The smallest absolute Gasteiger partial charge is 0.322 e. The van der Waals surface area contributed by atoms with E-state index in [0.29, 0.717) is 19.6 Å². The normalized spacial score (nSPS) is 19.6. The molecule has 3 N–H and O–H groups in total. The van der Waals surface area contributed by atoms with Crippen LogP contribution in [0.15, 0.2) is 17.8 Å². The van der Waals surface area contributed by atoms with Crippen molar-refractivity contribution in [3.05, 3.63) is 23.3 Å². The van der Waals surface area contributed by atoms with Crippen LogP contribution in [0.25, 0.3) is 10.3 Å². The summed E-state index contributed by atoms with van der Waals surface area (Å²) in [6.07, 6.45) is 1.77. The highest BCUT2D eigenvalue weighted by Crippen LogP contribution is 2.29.